The standard InChI is InChI=1S/C22H38N4O3/c1-4-23-21(26-18-22(10-6-7-11-22)12-14-28-5-2)25-17-19-9-8-13-24-20(19)29-16-15-27-3/h8-9,13H,4-7,10-12,14-18H2,1-3H3,(H2,23,25,26). The smallest absolute Gasteiger partial charge is 0.218 e. The third kappa shape index (κ3) is 8.19. The van der Waals surface area contributed by atoms with Crippen molar-refractivity contribution in [1.29, 1.82) is 0 Å². The highest BCUT2D eigenvalue weighted by atomic mass is 16.5. The maximum absolute atomic E-state index is 5.72. The lowest BCUT2D eigenvalue weighted by atomic mass is 9.83. The third-order valence-electron chi connectivity index (χ3n) is 5.40. The van der Waals surface area contributed by atoms with Crippen LogP contribution in [0.1, 0.15) is 51.5 Å². The minimum Gasteiger partial charge on any atom is -0.475 e. The van der Waals surface area contributed by atoms with Crippen LogP contribution in [0.25, 0.3) is 0 Å². The van der Waals surface area contributed by atoms with E-state index in [0.717, 1.165) is 44.2 Å². The fourth-order valence-electron chi connectivity index (χ4n) is 3.75. The summed E-state index contributed by atoms with van der Waals surface area (Å²) in [5.41, 5.74) is 1.28. The maximum atomic E-state index is 5.72. The number of ether oxygens (including phenoxy) is 3. The van der Waals surface area contributed by atoms with Gasteiger partial charge in [-0.3, -0.25) is 0 Å². The van der Waals surface area contributed by atoms with Crippen LogP contribution in [0.15, 0.2) is 23.3 Å². The van der Waals surface area contributed by atoms with E-state index >= 15 is 0 Å². The Morgan fingerprint density at radius 1 is 1.17 bits per heavy atom. The minimum atomic E-state index is 0.314. The Morgan fingerprint density at radius 3 is 2.72 bits per heavy atom. The highest BCUT2D eigenvalue weighted by molar-refractivity contribution is 5.79. The van der Waals surface area contributed by atoms with Crippen molar-refractivity contribution in [2.45, 2.75) is 52.5 Å². The van der Waals surface area contributed by atoms with E-state index in [4.69, 9.17) is 19.2 Å². The van der Waals surface area contributed by atoms with E-state index in [1.807, 2.05) is 12.1 Å². The van der Waals surface area contributed by atoms with Gasteiger partial charge in [0, 0.05) is 45.2 Å². The summed E-state index contributed by atoms with van der Waals surface area (Å²) in [7, 11) is 1.66. The predicted octanol–water partition coefficient (Wildman–Crippen LogP) is 3.15. The number of methoxy groups -OCH3 is 1. The lowest BCUT2D eigenvalue weighted by molar-refractivity contribution is 0.105. The van der Waals surface area contributed by atoms with Gasteiger partial charge in [-0.05, 0) is 44.6 Å². The summed E-state index contributed by atoms with van der Waals surface area (Å²) in [5, 5.41) is 6.93. The van der Waals surface area contributed by atoms with Gasteiger partial charge in [-0.1, -0.05) is 18.9 Å². The first kappa shape index (κ1) is 23.4. The molecule has 0 saturated heterocycles. The molecule has 7 nitrogen and oxygen atoms in total. The molecule has 1 aromatic rings. The first-order valence-corrected chi connectivity index (χ1v) is 10.9. The van der Waals surface area contributed by atoms with E-state index in [0.29, 0.717) is 31.1 Å². The third-order valence-corrected chi connectivity index (χ3v) is 5.40. The van der Waals surface area contributed by atoms with Crippen molar-refractivity contribution < 1.29 is 14.2 Å². The molecule has 0 aliphatic heterocycles. The molecule has 1 fully saturated rings. The van der Waals surface area contributed by atoms with Crippen LogP contribution in [0.4, 0.5) is 0 Å². The van der Waals surface area contributed by atoms with Gasteiger partial charge in [0.1, 0.15) is 6.61 Å². The zero-order valence-electron chi connectivity index (χ0n) is 18.3. The number of guanidine groups is 1. The SMILES string of the molecule is CCNC(=NCc1cccnc1OCCOC)NCC1(CCOCC)CCCC1. The summed E-state index contributed by atoms with van der Waals surface area (Å²) in [6.07, 6.45) is 7.96. The van der Waals surface area contributed by atoms with Gasteiger partial charge >= 0.3 is 0 Å². The molecule has 1 aromatic heterocycles. The molecule has 2 rings (SSSR count). The van der Waals surface area contributed by atoms with Gasteiger partial charge in [0.2, 0.25) is 5.88 Å². The summed E-state index contributed by atoms with van der Waals surface area (Å²) in [6.45, 7) is 9.03. The van der Waals surface area contributed by atoms with Gasteiger partial charge in [-0.15, -0.1) is 0 Å². The van der Waals surface area contributed by atoms with E-state index in [1.165, 1.54) is 25.7 Å². The van der Waals surface area contributed by atoms with Crippen molar-refractivity contribution in [3.63, 3.8) is 0 Å². The largest absolute Gasteiger partial charge is 0.475 e. The van der Waals surface area contributed by atoms with Crippen molar-refractivity contribution >= 4 is 5.96 Å². The molecule has 1 saturated carbocycles. The van der Waals surface area contributed by atoms with E-state index in [1.54, 1.807) is 13.3 Å². The summed E-state index contributed by atoms with van der Waals surface area (Å²) in [4.78, 5) is 9.11. The zero-order valence-corrected chi connectivity index (χ0v) is 18.3. The Morgan fingerprint density at radius 2 is 2.00 bits per heavy atom. The second kappa shape index (κ2) is 13.4. The summed E-state index contributed by atoms with van der Waals surface area (Å²) in [5.74, 6) is 1.45. The fourth-order valence-corrected chi connectivity index (χ4v) is 3.75. The van der Waals surface area contributed by atoms with Crippen molar-refractivity contribution in [3.8, 4) is 5.88 Å². The van der Waals surface area contributed by atoms with Gasteiger partial charge in [-0.2, -0.15) is 0 Å². The Hall–Kier alpha value is -1.86. The fraction of sp³-hybridized carbons (Fsp3) is 0.727. The van der Waals surface area contributed by atoms with Crippen molar-refractivity contribution in [1.82, 2.24) is 15.6 Å². The van der Waals surface area contributed by atoms with E-state index in [9.17, 15) is 0 Å². The summed E-state index contributed by atoms with van der Waals surface area (Å²) in [6, 6.07) is 3.92. The van der Waals surface area contributed by atoms with Crippen LogP contribution in [0, 0.1) is 5.41 Å². The van der Waals surface area contributed by atoms with Gasteiger partial charge in [0.25, 0.3) is 0 Å². The van der Waals surface area contributed by atoms with Crippen molar-refractivity contribution in [3.05, 3.63) is 23.9 Å². The van der Waals surface area contributed by atoms with Crippen LogP contribution < -0.4 is 15.4 Å². The Kier molecular flexibility index (Phi) is 10.8. The van der Waals surface area contributed by atoms with Crippen molar-refractivity contribution in [2.24, 2.45) is 10.4 Å². The van der Waals surface area contributed by atoms with E-state index < -0.39 is 0 Å². The average Bonchev–Trinajstić information content (AvgIpc) is 3.20. The molecule has 1 aliphatic carbocycles. The average molecular weight is 407 g/mol. The number of rotatable bonds is 13. The highest BCUT2D eigenvalue weighted by Crippen LogP contribution is 2.40. The summed E-state index contributed by atoms with van der Waals surface area (Å²) >= 11 is 0. The van der Waals surface area contributed by atoms with E-state index in [-0.39, 0.29) is 0 Å². The normalized spacial score (nSPS) is 16.0. The Labute approximate surface area is 175 Å². The highest BCUT2D eigenvalue weighted by Gasteiger charge is 2.33. The van der Waals surface area contributed by atoms with Gasteiger partial charge in [-0.25, -0.2) is 9.98 Å². The molecule has 29 heavy (non-hydrogen) atoms. The lowest BCUT2D eigenvalue weighted by Gasteiger charge is -2.30. The Bertz CT molecular complexity index is 603. The second-order valence-electron chi connectivity index (χ2n) is 7.51. The molecule has 0 amide bonds. The minimum absolute atomic E-state index is 0.314. The number of hydrogen-bond acceptors (Lipinski definition) is 5. The molecule has 0 spiro atoms. The molecule has 164 valence electrons. The van der Waals surface area contributed by atoms with E-state index in [2.05, 4.69) is 29.5 Å². The molecule has 1 heterocycles. The van der Waals surface area contributed by atoms with Gasteiger partial charge in [0.05, 0.1) is 13.2 Å². The monoisotopic (exact) mass is 406 g/mol. The number of pyridine rings is 1. The molecular formula is C22H38N4O3. The van der Waals surface area contributed by atoms with Crippen LogP contribution in [-0.4, -0.2) is 57.6 Å². The first-order chi connectivity index (χ1) is 14.2. The zero-order chi connectivity index (χ0) is 20.8. The quantitative estimate of drug-likeness (QED) is 0.298. The molecule has 0 unspecified atom stereocenters. The van der Waals surface area contributed by atoms with Crippen molar-refractivity contribution in [2.75, 3.05) is 46.6 Å². The molecule has 0 aromatic carbocycles. The number of nitrogens with zero attached hydrogens (tertiary/aromatic N) is 2. The molecule has 1 aliphatic rings. The number of nitrogens with one attached hydrogen (secondary N) is 2. The number of aliphatic imine (C=N–C) groups is 1. The molecule has 0 atom stereocenters. The van der Waals surface area contributed by atoms with Crippen LogP contribution in [-0.2, 0) is 16.0 Å². The first-order valence-electron chi connectivity index (χ1n) is 10.9. The van der Waals surface area contributed by atoms with Gasteiger partial charge in [0.15, 0.2) is 5.96 Å². The van der Waals surface area contributed by atoms with Crippen LogP contribution in [0.2, 0.25) is 0 Å². The summed E-state index contributed by atoms with van der Waals surface area (Å²) < 4.78 is 16.4. The lowest BCUT2D eigenvalue weighted by Crippen LogP contribution is -2.43. The predicted molar refractivity (Wildman–Crippen MR) is 116 cm³/mol. The molecule has 0 bridgehead atoms. The molecule has 2 N–H and O–H groups in total. The molecule has 7 heteroatoms. The van der Waals surface area contributed by atoms with Crippen LogP contribution in [0.5, 0.6) is 5.88 Å². The molecular weight excluding hydrogens is 368 g/mol. The van der Waals surface area contributed by atoms with Gasteiger partial charge < -0.3 is 24.8 Å². The van der Waals surface area contributed by atoms with Crippen LogP contribution in [0.3, 0.4) is 0 Å². The molecule has 0 radical (unpaired) electrons. The number of hydrogen-bond donors (Lipinski definition) is 2. The maximum Gasteiger partial charge on any atom is 0.218 e. The van der Waals surface area contributed by atoms with Crippen LogP contribution >= 0.6 is 0 Å². The number of aromatic nitrogens is 1. The topological polar surface area (TPSA) is 77.0 Å². The second-order valence-corrected chi connectivity index (χ2v) is 7.51. The Balaban J connectivity index is 1.97.